The van der Waals surface area contributed by atoms with Crippen molar-refractivity contribution >= 4 is 24.4 Å². The van der Waals surface area contributed by atoms with E-state index in [9.17, 15) is 9.69 Å². The molecule has 6 nitrogen and oxygen atoms in total. The predicted molar refractivity (Wildman–Crippen MR) is 85.4 cm³/mol. The van der Waals surface area contributed by atoms with Gasteiger partial charge in [0.05, 0.1) is 6.10 Å². The minimum absolute atomic E-state index is 0.265. The number of pyridine rings is 1. The van der Waals surface area contributed by atoms with Gasteiger partial charge in [-0.3, -0.25) is 0 Å². The highest BCUT2D eigenvalue weighted by Crippen LogP contribution is 2.48. The lowest BCUT2D eigenvalue weighted by atomic mass is 10.2. The highest BCUT2D eigenvalue weighted by molar-refractivity contribution is 7.52. The summed E-state index contributed by atoms with van der Waals surface area (Å²) in [6.45, 7) is 3.51. The zero-order valence-corrected chi connectivity index (χ0v) is 13.9. The van der Waals surface area contributed by atoms with Crippen LogP contribution in [0, 0.1) is 5.07 Å². The third-order valence-electron chi connectivity index (χ3n) is 3.13. The first-order chi connectivity index (χ1) is 10.4. The van der Waals surface area contributed by atoms with Crippen LogP contribution in [0.4, 0.5) is 4.79 Å². The number of ether oxygens (including phenoxy) is 1. The normalized spacial score (nSPS) is 11.9. The second kappa shape index (κ2) is 6.67. The van der Waals surface area contributed by atoms with Crippen LogP contribution in [0.15, 0.2) is 36.5 Å². The molecule has 0 saturated carbocycles. The van der Waals surface area contributed by atoms with Gasteiger partial charge in [0.1, 0.15) is 5.07 Å². The van der Waals surface area contributed by atoms with Gasteiger partial charge in [-0.1, -0.05) is 24.3 Å². The molecule has 0 fully saturated rings. The largest absolute Gasteiger partial charge is 0.446 e. The molecule has 22 heavy (non-hydrogen) atoms. The van der Waals surface area contributed by atoms with E-state index >= 15 is 0 Å². The van der Waals surface area contributed by atoms with E-state index in [0.29, 0.717) is 5.39 Å². The van der Waals surface area contributed by atoms with Gasteiger partial charge in [0, 0.05) is 25.8 Å². The van der Waals surface area contributed by atoms with E-state index < -0.39 is 13.7 Å². The first-order valence-electron chi connectivity index (χ1n) is 6.81. The molecule has 1 heterocycles. The highest BCUT2D eigenvalue weighted by Gasteiger charge is 2.21. The smallest absolute Gasteiger partial charge is 0.418 e. The molecule has 0 atom stereocenters. The molecule has 2 aromatic rings. The third-order valence-corrected chi connectivity index (χ3v) is 5.11. The van der Waals surface area contributed by atoms with E-state index in [4.69, 9.17) is 13.8 Å². The Labute approximate surface area is 129 Å². The number of benzene rings is 1. The molecule has 0 bridgehead atoms. The highest BCUT2D eigenvalue weighted by atomic mass is 31.2. The van der Waals surface area contributed by atoms with Crippen molar-refractivity contribution in [3.05, 3.63) is 41.6 Å². The summed E-state index contributed by atoms with van der Waals surface area (Å²) in [6, 6.07) is 9.15. The number of rotatable bonds is 3. The zero-order chi connectivity index (χ0) is 16.3. The molecule has 0 unspecified atom stereocenters. The van der Waals surface area contributed by atoms with E-state index in [0.717, 1.165) is 5.39 Å². The van der Waals surface area contributed by atoms with Gasteiger partial charge in [-0.05, 0) is 25.3 Å². The fourth-order valence-corrected chi connectivity index (χ4v) is 3.57. The van der Waals surface area contributed by atoms with Gasteiger partial charge in [-0.15, -0.1) is 0 Å². The Morgan fingerprint density at radius 3 is 2.41 bits per heavy atom. The third kappa shape index (κ3) is 3.10. The second-order valence-electron chi connectivity index (χ2n) is 4.91. The van der Waals surface area contributed by atoms with Crippen LogP contribution in [-0.4, -0.2) is 35.9 Å². The van der Waals surface area contributed by atoms with E-state index in [1.54, 1.807) is 32.2 Å². The maximum atomic E-state index is 12.3. The average Bonchev–Trinajstić information content (AvgIpc) is 2.52. The Kier molecular flexibility index (Phi) is 5.08. The standard InChI is InChI=1S/C15H20NO5P/c1-11(2)21-15(17)16-10-9-12-7-5-6-8-13(12)14(16)22(18,19-3)20-4/h5-11,18H,1-4H3. The van der Waals surface area contributed by atoms with Crippen molar-refractivity contribution in [1.82, 2.24) is 4.57 Å². The number of hydrogen-bond donors (Lipinski definition) is 1. The van der Waals surface area contributed by atoms with Crippen LogP contribution in [-0.2, 0) is 13.8 Å². The van der Waals surface area contributed by atoms with Crippen LogP contribution in [0.5, 0.6) is 0 Å². The zero-order valence-electron chi connectivity index (χ0n) is 13.0. The molecule has 120 valence electrons. The summed E-state index contributed by atoms with van der Waals surface area (Å²) in [4.78, 5) is 23.0. The van der Waals surface area contributed by atoms with Crippen LogP contribution in [0.3, 0.4) is 0 Å². The van der Waals surface area contributed by atoms with Gasteiger partial charge in [-0.2, -0.15) is 0 Å². The lowest BCUT2D eigenvalue weighted by Crippen LogP contribution is -2.19. The number of carbonyl (C=O) groups excluding carboxylic acids is 1. The first-order valence-corrected chi connectivity index (χ1v) is 8.39. The van der Waals surface area contributed by atoms with Crippen LogP contribution in [0.2, 0.25) is 0 Å². The summed E-state index contributed by atoms with van der Waals surface area (Å²) in [5, 5.41) is 1.80. The number of nitrogens with zero attached hydrogens (tertiary/aromatic N) is 1. The monoisotopic (exact) mass is 325 g/mol. The van der Waals surface area contributed by atoms with Crippen LogP contribution >= 0.6 is 7.57 Å². The predicted octanol–water partition coefficient (Wildman–Crippen LogP) is 3.61. The molecule has 0 spiro atoms. The number of carbonyl (C=O) groups is 1. The van der Waals surface area contributed by atoms with E-state index in [1.165, 1.54) is 18.8 Å². The Morgan fingerprint density at radius 1 is 1.18 bits per heavy atom. The van der Waals surface area contributed by atoms with Gasteiger partial charge in [-0.25, -0.2) is 9.36 Å². The lowest BCUT2D eigenvalue weighted by molar-refractivity contribution is 0.116. The quantitative estimate of drug-likeness (QED) is 0.873. The molecule has 1 aromatic carbocycles. The van der Waals surface area contributed by atoms with Crippen LogP contribution in [0.1, 0.15) is 13.8 Å². The summed E-state index contributed by atoms with van der Waals surface area (Å²) < 4.78 is 16.9. The Morgan fingerprint density at radius 2 is 1.82 bits per heavy atom. The van der Waals surface area contributed by atoms with Gasteiger partial charge in [0.15, 0.2) is 0 Å². The lowest BCUT2D eigenvalue weighted by Gasteiger charge is -2.19. The molecule has 1 N–H and O–H groups in total. The summed E-state index contributed by atoms with van der Waals surface area (Å²) in [5.41, 5.74) is 0. The van der Waals surface area contributed by atoms with E-state index in [-0.39, 0.29) is 11.2 Å². The van der Waals surface area contributed by atoms with Gasteiger partial charge in [0.2, 0.25) is 0 Å². The summed E-state index contributed by atoms with van der Waals surface area (Å²) >= 11 is 0. The minimum atomic E-state index is -3.40. The molecule has 1 aromatic heterocycles. The maximum absolute atomic E-state index is 12.3. The Bertz CT molecular complexity index is 773. The molecule has 0 amide bonds. The number of fused-ring (bicyclic) bond motifs is 1. The van der Waals surface area contributed by atoms with Crippen molar-refractivity contribution in [1.29, 1.82) is 0 Å². The molecule has 2 rings (SSSR count). The van der Waals surface area contributed by atoms with Crippen molar-refractivity contribution in [3.63, 3.8) is 0 Å². The summed E-state index contributed by atoms with van der Waals surface area (Å²) in [5.74, 6) is 0. The van der Waals surface area contributed by atoms with Crippen LogP contribution in [0.25, 0.3) is 10.8 Å². The van der Waals surface area contributed by atoms with Gasteiger partial charge >= 0.3 is 6.09 Å². The molecule has 0 aliphatic carbocycles. The minimum Gasteiger partial charge on any atom is -0.446 e. The molecule has 0 radical (unpaired) electrons. The molecule has 0 aliphatic heterocycles. The summed E-state index contributed by atoms with van der Waals surface area (Å²) in [7, 11) is -0.713. The number of hydrogen-bond acceptors (Lipinski definition) is 5. The fraction of sp³-hybridized carbons (Fsp3) is 0.333. The molecular formula is C15H20NO5P. The van der Waals surface area contributed by atoms with Gasteiger partial charge in [0.25, 0.3) is 7.57 Å². The average molecular weight is 325 g/mol. The van der Waals surface area contributed by atoms with Crippen molar-refractivity contribution in [2.75, 3.05) is 14.2 Å². The van der Waals surface area contributed by atoms with Crippen molar-refractivity contribution in [2.45, 2.75) is 20.0 Å². The van der Waals surface area contributed by atoms with Gasteiger partial charge < -0.3 is 18.7 Å². The SMILES string of the molecule is COP(O)(OC)=c1c2ccccc2ccn1C(=O)OC(C)C. The topological polar surface area (TPSA) is 69.9 Å². The van der Waals surface area contributed by atoms with Crippen molar-refractivity contribution < 1.29 is 23.5 Å². The molecule has 7 heteroatoms. The van der Waals surface area contributed by atoms with Crippen molar-refractivity contribution in [3.8, 4) is 0 Å². The Hall–Kier alpha value is -1.59. The Balaban J connectivity index is 2.93. The number of aromatic nitrogens is 1. The van der Waals surface area contributed by atoms with E-state index in [2.05, 4.69) is 0 Å². The second-order valence-corrected chi connectivity index (χ2v) is 7.11. The van der Waals surface area contributed by atoms with Crippen molar-refractivity contribution in [2.24, 2.45) is 0 Å². The molecule has 0 saturated heterocycles. The van der Waals surface area contributed by atoms with Crippen LogP contribution < -0.4 is 0 Å². The molecular weight excluding hydrogens is 305 g/mol. The summed E-state index contributed by atoms with van der Waals surface area (Å²) in [6.07, 6.45) is 0.671. The molecule has 0 aliphatic rings. The van der Waals surface area contributed by atoms with E-state index in [1.807, 2.05) is 18.2 Å². The first kappa shape index (κ1) is 16.8. The maximum Gasteiger partial charge on any atom is 0.418 e. The fourth-order valence-electron chi connectivity index (χ4n) is 2.14.